The molecular formula is C64H41N3. The topological polar surface area (TPSA) is 30.7 Å². The molecule has 0 atom stereocenters. The SMILES string of the molecule is c1ccc(-c2nc(-c3ccc(-c4ccc(-c5c6ccccc6c(-c6ccccc6)c6c5ccc5ccccc56)cc4)cc3)cc(-c3ccc4c(c3)c3ccccc3n4-c3ccccc3)n2)cc1. The van der Waals surface area contributed by atoms with E-state index in [1.807, 2.05) is 18.2 Å². The molecular weight excluding hydrogens is 811 g/mol. The van der Waals surface area contributed by atoms with Crippen LogP contribution in [-0.2, 0) is 0 Å². The normalized spacial score (nSPS) is 11.6. The average molecular weight is 852 g/mol. The molecule has 0 saturated carbocycles. The second-order valence-corrected chi connectivity index (χ2v) is 17.3. The van der Waals surface area contributed by atoms with Crippen LogP contribution in [0.2, 0.25) is 0 Å². The third-order valence-corrected chi connectivity index (χ3v) is 13.4. The lowest BCUT2D eigenvalue weighted by Gasteiger charge is -2.19. The zero-order valence-corrected chi connectivity index (χ0v) is 36.5. The highest BCUT2D eigenvalue weighted by molar-refractivity contribution is 6.28. The van der Waals surface area contributed by atoms with E-state index in [-0.39, 0.29) is 0 Å². The van der Waals surface area contributed by atoms with Crippen molar-refractivity contribution in [1.29, 1.82) is 0 Å². The molecule has 3 nitrogen and oxygen atoms in total. The maximum Gasteiger partial charge on any atom is 0.160 e. The molecule has 0 radical (unpaired) electrons. The fraction of sp³-hybridized carbons (Fsp3) is 0. The van der Waals surface area contributed by atoms with Gasteiger partial charge in [0.15, 0.2) is 5.82 Å². The van der Waals surface area contributed by atoms with Crippen molar-refractivity contribution in [3.63, 3.8) is 0 Å². The molecule has 13 rings (SSSR count). The van der Waals surface area contributed by atoms with Gasteiger partial charge in [-0.05, 0) is 102 Å². The van der Waals surface area contributed by atoms with E-state index in [1.54, 1.807) is 0 Å². The van der Waals surface area contributed by atoms with Crippen molar-refractivity contribution < 1.29 is 0 Å². The highest BCUT2D eigenvalue weighted by Gasteiger charge is 2.20. The van der Waals surface area contributed by atoms with E-state index >= 15 is 0 Å². The third kappa shape index (κ3) is 6.59. The van der Waals surface area contributed by atoms with E-state index in [0.29, 0.717) is 5.82 Å². The molecule has 0 aliphatic heterocycles. The fourth-order valence-corrected chi connectivity index (χ4v) is 10.3. The van der Waals surface area contributed by atoms with E-state index in [4.69, 9.17) is 9.97 Å². The van der Waals surface area contributed by atoms with Crippen molar-refractivity contribution in [3.8, 4) is 73.0 Å². The van der Waals surface area contributed by atoms with Gasteiger partial charge in [0.05, 0.1) is 22.4 Å². The second kappa shape index (κ2) is 16.0. The number of nitrogens with zero attached hydrogens (tertiary/aromatic N) is 3. The van der Waals surface area contributed by atoms with Crippen LogP contribution in [0.5, 0.6) is 0 Å². The largest absolute Gasteiger partial charge is 0.309 e. The first-order chi connectivity index (χ1) is 33.2. The maximum absolute atomic E-state index is 5.20. The molecule has 0 N–H and O–H groups in total. The van der Waals surface area contributed by atoms with Crippen LogP contribution in [0.15, 0.2) is 249 Å². The Morgan fingerprint density at radius 3 is 1.46 bits per heavy atom. The molecule has 2 aromatic heterocycles. The Balaban J connectivity index is 0.890. The summed E-state index contributed by atoms with van der Waals surface area (Å²) >= 11 is 0. The molecule has 0 saturated heterocycles. The van der Waals surface area contributed by atoms with Gasteiger partial charge in [-0.15, -0.1) is 0 Å². The zero-order valence-electron chi connectivity index (χ0n) is 36.5. The Bertz CT molecular complexity index is 3990. The monoisotopic (exact) mass is 851 g/mol. The Hall–Kier alpha value is -8.92. The van der Waals surface area contributed by atoms with E-state index < -0.39 is 0 Å². The highest BCUT2D eigenvalue weighted by Crippen LogP contribution is 2.46. The highest BCUT2D eigenvalue weighted by atomic mass is 15.0. The van der Waals surface area contributed by atoms with Crippen molar-refractivity contribution in [2.45, 2.75) is 0 Å². The van der Waals surface area contributed by atoms with Gasteiger partial charge in [0, 0.05) is 33.2 Å². The van der Waals surface area contributed by atoms with Gasteiger partial charge in [-0.3, -0.25) is 0 Å². The van der Waals surface area contributed by atoms with Crippen LogP contribution >= 0.6 is 0 Å². The van der Waals surface area contributed by atoms with Crippen LogP contribution in [0.1, 0.15) is 0 Å². The summed E-state index contributed by atoms with van der Waals surface area (Å²) in [6.07, 6.45) is 0. The van der Waals surface area contributed by atoms with Crippen LogP contribution in [0, 0.1) is 0 Å². The Morgan fingerprint density at radius 2 is 0.761 bits per heavy atom. The molecule has 2 heterocycles. The van der Waals surface area contributed by atoms with Crippen molar-refractivity contribution in [3.05, 3.63) is 249 Å². The number of hydrogen-bond acceptors (Lipinski definition) is 2. The van der Waals surface area contributed by atoms with E-state index in [9.17, 15) is 0 Å². The number of hydrogen-bond donors (Lipinski definition) is 0. The quantitative estimate of drug-likeness (QED) is 0.118. The summed E-state index contributed by atoms with van der Waals surface area (Å²) in [5, 5.41) is 9.96. The van der Waals surface area contributed by atoms with E-state index in [0.717, 1.165) is 50.4 Å². The molecule has 3 heteroatoms. The second-order valence-electron chi connectivity index (χ2n) is 17.3. The van der Waals surface area contributed by atoms with Gasteiger partial charge in [0.1, 0.15) is 0 Å². The van der Waals surface area contributed by atoms with Crippen molar-refractivity contribution in [1.82, 2.24) is 14.5 Å². The molecule has 0 unspecified atom stereocenters. The lowest BCUT2D eigenvalue weighted by Crippen LogP contribution is -1.96. The Kier molecular flexibility index (Phi) is 9.17. The van der Waals surface area contributed by atoms with Gasteiger partial charge in [-0.1, -0.05) is 212 Å². The smallest absolute Gasteiger partial charge is 0.160 e. The first-order valence-corrected chi connectivity index (χ1v) is 22.9. The predicted molar refractivity (Wildman–Crippen MR) is 282 cm³/mol. The first-order valence-electron chi connectivity index (χ1n) is 22.9. The number of aromatic nitrogens is 3. The van der Waals surface area contributed by atoms with E-state index in [1.165, 1.54) is 70.9 Å². The number of benzene rings is 11. The maximum atomic E-state index is 5.20. The van der Waals surface area contributed by atoms with E-state index in [2.05, 4.69) is 235 Å². The Morgan fingerprint density at radius 1 is 0.269 bits per heavy atom. The van der Waals surface area contributed by atoms with Crippen molar-refractivity contribution in [2.75, 3.05) is 0 Å². The van der Waals surface area contributed by atoms with Crippen molar-refractivity contribution in [2.24, 2.45) is 0 Å². The lowest BCUT2D eigenvalue weighted by molar-refractivity contribution is 1.18. The molecule has 0 bridgehead atoms. The summed E-state index contributed by atoms with van der Waals surface area (Å²) in [7, 11) is 0. The summed E-state index contributed by atoms with van der Waals surface area (Å²) in [6, 6.07) is 89.4. The van der Waals surface area contributed by atoms with Crippen LogP contribution in [0.3, 0.4) is 0 Å². The molecule has 0 aliphatic rings. The van der Waals surface area contributed by atoms with Gasteiger partial charge in [-0.2, -0.15) is 0 Å². The molecule has 0 aliphatic carbocycles. The van der Waals surface area contributed by atoms with Gasteiger partial charge in [0.2, 0.25) is 0 Å². The lowest BCUT2D eigenvalue weighted by atomic mass is 9.84. The summed E-state index contributed by atoms with van der Waals surface area (Å²) in [4.78, 5) is 10.4. The van der Waals surface area contributed by atoms with Crippen LogP contribution < -0.4 is 0 Å². The minimum Gasteiger partial charge on any atom is -0.309 e. The molecule has 11 aromatic carbocycles. The first kappa shape index (κ1) is 38.5. The van der Waals surface area contributed by atoms with Gasteiger partial charge in [0.25, 0.3) is 0 Å². The van der Waals surface area contributed by atoms with Crippen LogP contribution in [0.25, 0.3) is 127 Å². The van der Waals surface area contributed by atoms with Crippen molar-refractivity contribution >= 4 is 54.1 Å². The summed E-state index contributed by atoms with van der Waals surface area (Å²) < 4.78 is 2.35. The molecule has 13 aromatic rings. The minimum atomic E-state index is 0.699. The third-order valence-electron chi connectivity index (χ3n) is 13.4. The molecule has 67 heavy (non-hydrogen) atoms. The summed E-state index contributed by atoms with van der Waals surface area (Å²) in [5.41, 5.74) is 15.6. The molecule has 0 fully saturated rings. The van der Waals surface area contributed by atoms with Crippen LogP contribution in [-0.4, -0.2) is 14.5 Å². The number of para-hydroxylation sites is 2. The molecule has 0 amide bonds. The van der Waals surface area contributed by atoms with Gasteiger partial charge >= 0.3 is 0 Å². The fourth-order valence-electron chi connectivity index (χ4n) is 10.3. The predicted octanol–water partition coefficient (Wildman–Crippen LogP) is 17.0. The molecule has 0 spiro atoms. The minimum absolute atomic E-state index is 0.699. The molecule has 312 valence electrons. The van der Waals surface area contributed by atoms with Gasteiger partial charge in [-0.25, -0.2) is 9.97 Å². The standard InChI is InChI=1S/C64H41N3/c1-4-17-46(18-5-1)62-54-26-13-12-25-53(54)61(55-38-36-44-16-10-11-23-51(44)63(55)62)47-34-30-43(31-35-47)42-28-32-45(33-29-42)57-41-58(66-64(65-57)48-19-6-2-7-20-48)49-37-39-60-56(40-49)52-24-14-15-27-59(52)67(60)50-21-8-3-9-22-50/h1-41H. The Labute approximate surface area is 388 Å². The summed E-state index contributed by atoms with van der Waals surface area (Å²) in [5.74, 6) is 0.699. The number of fused-ring (bicyclic) bond motifs is 7. The average Bonchev–Trinajstić information content (AvgIpc) is 3.74. The zero-order chi connectivity index (χ0) is 44.3. The van der Waals surface area contributed by atoms with Gasteiger partial charge < -0.3 is 4.57 Å². The summed E-state index contributed by atoms with van der Waals surface area (Å²) in [6.45, 7) is 0. The number of rotatable bonds is 7. The van der Waals surface area contributed by atoms with Crippen LogP contribution in [0.4, 0.5) is 0 Å².